The molecule has 0 aliphatic heterocycles. The average Bonchev–Trinajstić information content (AvgIpc) is 3.00. The largest absolute Gasteiger partial charge is 0.477 e. The minimum atomic E-state index is -1.05. The fourth-order valence-electron chi connectivity index (χ4n) is 2.38. The lowest BCUT2D eigenvalue weighted by Crippen LogP contribution is -2.17. The molecule has 0 amide bonds. The van der Waals surface area contributed by atoms with Crippen LogP contribution in [-0.2, 0) is 11.2 Å². The highest BCUT2D eigenvalue weighted by Gasteiger charge is 2.13. The number of rotatable bonds is 6. The lowest BCUT2D eigenvalue weighted by Gasteiger charge is -2.02. The third-order valence-electron chi connectivity index (χ3n) is 3.59. The maximum absolute atomic E-state index is 11.4. The maximum Gasteiger partial charge on any atom is 0.352 e. The standard InChI is InChI=1S/C19H17N3O2S/c1-13-17(15-10-6-3-7-11-15)20-19(25-13)22-21-16(18(23)24)12-14-8-4-2-5-9-14/h2-11H,12H2,1H3,(H,20,22)(H,23,24). The molecule has 3 rings (SSSR count). The molecule has 2 aromatic carbocycles. The molecule has 0 saturated heterocycles. The second kappa shape index (κ2) is 7.72. The van der Waals surface area contributed by atoms with Gasteiger partial charge in [-0.2, -0.15) is 5.10 Å². The van der Waals surface area contributed by atoms with Crippen molar-refractivity contribution in [1.29, 1.82) is 0 Å². The third kappa shape index (κ3) is 4.30. The van der Waals surface area contributed by atoms with Crippen molar-refractivity contribution in [2.24, 2.45) is 5.10 Å². The molecule has 0 fully saturated rings. The number of nitrogens with one attached hydrogen (secondary N) is 1. The SMILES string of the molecule is Cc1sc(NN=C(Cc2ccccc2)C(=O)O)nc1-c1ccccc1. The molecule has 1 heterocycles. The Bertz CT molecular complexity index is 890. The molecule has 2 N–H and O–H groups in total. The van der Waals surface area contributed by atoms with E-state index >= 15 is 0 Å². The number of aryl methyl sites for hydroxylation is 1. The Morgan fingerprint density at radius 2 is 1.76 bits per heavy atom. The molecule has 0 aliphatic rings. The van der Waals surface area contributed by atoms with Crippen molar-refractivity contribution in [2.45, 2.75) is 13.3 Å². The molecule has 0 radical (unpaired) electrons. The molecular formula is C19H17N3O2S. The number of hydrogen-bond acceptors (Lipinski definition) is 5. The summed E-state index contributed by atoms with van der Waals surface area (Å²) in [5, 5.41) is 14.0. The summed E-state index contributed by atoms with van der Waals surface area (Å²) in [6, 6.07) is 19.3. The predicted octanol–water partition coefficient (Wildman–Crippen LogP) is 4.21. The molecule has 0 unspecified atom stereocenters. The smallest absolute Gasteiger partial charge is 0.352 e. The first-order chi connectivity index (χ1) is 12.1. The van der Waals surface area contributed by atoms with E-state index < -0.39 is 5.97 Å². The van der Waals surface area contributed by atoms with Crippen molar-refractivity contribution in [3.8, 4) is 11.3 Å². The van der Waals surface area contributed by atoms with E-state index in [1.807, 2.05) is 67.6 Å². The molecule has 6 heteroatoms. The van der Waals surface area contributed by atoms with Crippen LogP contribution in [0.2, 0.25) is 0 Å². The van der Waals surface area contributed by atoms with E-state index in [1.165, 1.54) is 11.3 Å². The highest BCUT2D eigenvalue weighted by atomic mass is 32.1. The Kier molecular flexibility index (Phi) is 5.20. The molecule has 0 bridgehead atoms. The van der Waals surface area contributed by atoms with Crippen LogP contribution in [0.1, 0.15) is 10.4 Å². The summed E-state index contributed by atoms with van der Waals surface area (Å²) >= 11 is 1.45. The summed E-state index contributed by atoms with van der Waals surface area (Å²) in [6.45, 7) is 1.98. The molecule has 5 nitrogen and oxygen atoms in total. The Morgan fingerprint density at radius 3 is 2.40 bits per heavy atom. The van der Waals surface area contributed by atoms with Gasteiger partial charge in [0.15, 0.2) is 0 Å². The minimum absolute atomic E-state index is 0.0420. The Morgan fingerprint density at radius 1 is 1.12 bits per heavy atom. The molecule has 126 valence electrons. The first-order valence-electron chi connectivity index (χ1n) is 7.76. The van der Waals surface area contributed by atoms with Crippen molar-refractivity contribution < 1.29 is 9.90 Å². The van der Waals surface area contributed by atoms with Crippen molar-refractivity contribution in [3.05, 3.63) is 71.1 Å². The molecule has 0 aliphatic carbocycles. The Hall–Kier alpha value is -2.99. The van der Waals surface area contributed by atoms with Gasteiger partial charge in [0, 0.05) is 16.9 Å². The minimum Gasteiger partial charge on any atom is -0.477 e. The number of hydrogen-bond donors (Lipinski definition) is 2. The van der Waals surface area contributed by atoms with Crippen LogP contribution in [0.5, 0.6) is 0 Å². The van der Waals surface area contributed by atoms with E-state index in [2.05, 4.69) is 15.5 Å². The summed E-state index contributed by atoms with van der Waals surface area (Å²) in [7, 11) is 0. The molecule has 0 saturated carbocycles. The van der Waals surface area contributed by atoms with Gasteiger partial charge in [-0.05, 0) is 12.5 Å². The zero-order valence-electron chi connectivity index (χ0n) is 13.6. The van der Waals surface area contributed by atoms with Gasteiger partial charge in [-0.1, -0.05) is 60.7 Å². The summed E-state index contributed by atoms with van der Waals surface area (Å²) < 4.78 is 0. The monoisotopic (exact) mass is 351 g/mol. The van der Waals surface area contributed by atoms with Crippen LogP contribution in [0, 0.1) is 6.92 Å². The van der Waals surface area contributed by atoms with Crippen LogP contribution in [0.4, 0.5) is 5.13 Å². The van der Waals surface area contributed by atoms with Gasteiger partial charge in [-0.15, -0.1) is 11.3 Å². The zero-order chi connectivity index (χ0) is 17.6. The number of hydrazone groups is 1. The van der Waals surface area contributed by atoms with E-state index in [4.69, 9.17) is 0 Å². The van der Waals surface area contributed by atoms with Crippen LogP contribution in [-0.4, -0.2) is 21.8 Å². The van der Waals surface area contributed by atoms with Crippen molar-refractivity contribution in [2.75, 3.05) is 5.43 Å². The van der Waals surface area contributed by atoms with E-state index in [9.17, 15) is 9.90 Å². The average molecular weight is 351 g/mol. The van der Waals surface area contributed by atoms with Gasteiger partial charge in [0.25, 0.3) is 0 Å². The third-order valence-corrected chi connectivity index (χ3v) is 4.47. The van der Waals surface area contributed by atoms with Gasteiger partial charge in [0.2, 0.25) is 5.13 Å². The van der Waals surface area contributed by atoms with Crippen molar-refractivity contribution >= 4 is 28.1 Å². The van der Waals surface area contributed by atoms with Gasteiger partial charge in [0.05, 0.1) is 5.69 Å². The summed E-state index contributed by atoms with van der Waals surface area (Å²) in [5.74, 6) is -1.05. The van der Waals surface area contributed by atoms with Crippen LogP contribution < -0.4 is 5.43 Å². The number of aromatic nitrogens is 1. The summed E-state index contributed by atoms with van der Waals surface area (Å²) in [4.78, 5) is 17.0. The second-order valence-corrected chi connectivity index (χ2v) is 6.63. The highest BCUT2D eigenvalue weighted by molar-refractivity contribution is 7.16. The molecule has 1 aromatic heterocycles. The van der Waals surface area contributed by atoms with E-state index in [-0.39, 0.29) is 12.1 Å². The molecule has 0 spiro atoms. The second-order valence-electron chi connectivity index (χ2n) is 5.43. The van der Waals surface area contributed by atoms with Crippen molar-refractivity contribution in [3.63, 3.8) is 0 Å². The maximum atomic E-state index is 11.4. The Labute approximate surface area is 149 Å². The number of anilines is 1. The number of benzene rings is 2. The van der Waals surface area contributed by atoms with Crippen LogP contribution in [0.3, 0.4) is 0 Å². The molecule has 25 heavy (non-hydrogen) atoms. The van der Waals surface area contributed by atoms with Gasteiger partial charge in [-0.3, -0.25) is 5.43 Å². The highest BCUT2D eigenvalue weighted by Crippen LogP contribution is 2.30. The van der Waals surface area contributed by atoms with Crippen LogP contribution in [0.15, 0.2) is 65.8 Å². The van der Waals surface area contributed by atoms with Crippen molar-refractivity contribution in [1.82, 2.24) is 4.98 Å². The summed E-state index contributed by atoms with van der Waals surface area (Å²) in [6.07, 6.45) is 0.249. The predicted molar refractivity (Wildman–Crippen MR) is 101 cm³/mol. The molecule has 3 aromatic rings. The number of nitrogens with zero attached hydrogens (tertiary/aromatic N) is 2. The lowest BCUT2D eigenvalue weighted by atomic mass is 10.1. The lowest BCUT2D eigenvalue weighted by molar-refractivity contribution is -0.129. The van der Waals surface area contributed by atoms with E-state index in [1.54, 1.807) is 0 Å². The van der Waals surface area contributed by atoms with Gasteiger partial charge in [-0.25, -0.2) is 9.78 Å². The van der Waals surface area contributed by atoms with Crippen LogP contribution in [0.25, 0.3) is 11.3 Å². The van der Waals surface area contributed by atoms with Gasteiger partial charge in [0.1, 0.15) is 5.71 Å². The molecular weight excluding hydrogens is 334 g/mol. The Balaban J connectivity index is 1.79. The quantitative estimate of drug-likeness (QED) is 0.515. The zero-order valence-corrected chi connectivity index (χ0v) is 14.5. The first-order valence-corrected chi connectivity index (χ1v) is 8.58. The topological polar surface area (TPSA) is 74.6 Å². The fourth-order valence-corrected chi connectivity index (χ4v) is 3.15. The van der Waals surface area contributed by atoms with Crippen LogP contribution >= 0.6 is 11.3 Å². The summed E-state index contributed by atoms with van der Waals surface area (Å²) in [5.41, 5.74) is 5.63. The normalized spacial score (nSPS) is 11.3. The van der Waals surface area contributed by atoms with E-state index in [0.29, 0.717) is 5.13 Å². The van der Waals surface area contributed by atoms with Gasteiger partial charge < -0.3 is 5.11 Å². The number of carboxylic acids is 1. The molecule has 0 atom stereocenters. The number of carboxylic acid groups (broad SMARTS) is 1. The first kappa shape index (κ1) is 16.9. The van der Waals surface area contributed by atoms with E-state index in [0.717, 1.165) is 21.7 Å². The number of carbonyl (C=O) groups is 1. The number of thiazole rings is 1. The number of aliphatic carboxylic acids is 1. The van der Waals surface area contributed by atoms with Gasteiger partial charge >= 0.3 is 5.97 Å². The fraction of sp³-hybridized carbons (Fsp3) is 0.105.